The summed E-state index contributed by atoms with van der Waals surface area (Å²) in [5.41, 5.74) is -1.50. The van der Waals surface area contributed by atoms with Crippen LogP contribution in [-0.4, -0.2) is 5.11 Å². The molecule has 2 aromatic rings. The lowest BCUT2D eigenvalue weighted by Crippen LogP contribution is -2.20. The summed E-state index contributed by atoms with van der Waals surface area (Å²) in [5.74, 6) is 0. The Morgan fingerprint density at radius 2 is 1.30 bits per heavy atom. The number of alkyl halides is 6. The van der Waals surface area contributed by atoms with Crippen molar-refractivity contribution in [3.05, 3.63) is 59.2 Å². The first-order valence-corrected chi connectivity index (χ1v) is 9.86. The van der Waals surface area contributed by atoms with Gasteiger partial charge in [-0.15, -0.1) is 0 Å². The molecular formula is C21H22F6N2S. The Morgan fingerprint density at radius 1 is 0.767 bits per heavy atom. The van der Waals surface area contributed by atoms with Gasteiger partial charge >= 0.3 is 12.4 Å². The molecule has 0 spiro atoms. The van der Waals surface area contributed by atoms with E-state index in [1.807, 2.05) is 12.1 Å². The molecule has 164 valence electrons. The number of halogens is 6. The fraction of sp³-hybridized carbons (Fsp3) is 0.381. The minimum Gasteiger partial charge on any atom is -0.332 e. The van der Waals surface area contributed by atoms with Crippen molar-refractivity contribution in [2.75, 3.05) is 10.6 Å². The van der Waals surface area contributed by atoms with Crippen LogP contribution in [0.25, 0.3) is 0 Å². The van der Waals surface area contributed by atoms with Crippen LogP contribution in [-0.2, 0) is 18.8 Å². The number of unbranched alkanes of at least 4 members (excludes halogenated alkanes) is 3. The maximum Gasteiger partial charge on any atom is 0.416 e. The average molecular weight is 448 g/mol. The second kappa shape index (κ2) is 10.1. The maximum atomic E-state index is 12.9. The molecule has 2 aromatic carbocycles. The lowest BCUT2D eigenvalue weighted by atomic mass is 10.1. The summed E-state index contributed by atoms with van der Waals surface area (Å²) < 4.78 is 77.7. The van der Waals surface area contributed by atoms with Crippen LogP contribution in [0.3, 0.4) is 0 Å². The fourth-order valence-electron chi connectivity index (χ4n) is 2.83. The molecule has 0 bridgehead atoms. The molecular weight excluding hydrogens is 426 g/mol. The second-order valence-electron chi connectivity index (χ2n) is 6.88. The van der Waals surface area contributed by atoms with E-state index in [0.717, 1.165) is 31.2 Å². The van der Waals surface area contributed by atoms with Crippen LogP contribution in [0.1, 0.15) is 49.3 Å². The van der Waals surface area contributed by atoms with Gasteiger partial charge in [0.25, 0.3) is 0 Å². The van der Waals surface area contributed by atoms with Crippen molar-refractivity contribution in [3.8, 4) is 0 Å². The van der Waals surface area contributed by atoms with Gasteiger partial charge in [0.05, 0.1) is 11.1 Å². The summed E-state index contributed by atoms with van der Waals surface area (Å²) >= 11 is 5.04. The zero-order chi connectivity index (χ0) is 22.4. The molecule has 0 fully saturated rings. The molecule has 0 saturated carbocycles. The topological polar surface area (TPSA) is 24.1 Å². The van der Waals surface area contributed by atoms with Gasteiger partial charge in [0.1, 0.15) is 0 Å². The van der Waals surface area contributed by atoms with Crippen LogP contribution >= 0.6 is 12.2 Å². The fourth-order valence-corrected chi connectivity index (χ4v) is 3.07. The van der Waals surface area contributed by atoms with Crippen LogP contribution in [0.5, 0.6) is 0 Å². The van der Waals surface area contributed by atoms with E-state index in [9.17, 15) is 26.3 Å². The summed E-state index contributed by atoms with van der Waals surface area (Å²) in [6.07, 6.45) is -4.32. The monoisotopic (exact) mass is 448 g/mol. The predicted octanol–water partition coefficient (Wildman–Crippen LogP) is 7.66. The molecule has 0 aromatic heterocycles. The number of hydrogen-bond donors (Lipinski definition) is 2. The van der Waals surface area contributed by atoms with Gasteiger partial charge in [-0.25, -0.2) is 0 Å². The van der Waals surface area contributed by atoms with Gasteiger partial charge < -0.3 is 10.6 Å². The molecule has 0 heterocycles. The van der Waals surface area contributed by atoms with Crippen LogP contribution in [0.15, 0.2) is 42.5 Å². The Labute approximate surface area is 176 Å². The van der Waals surface area contributed by atoms with Gasteiger partial charge in [-0.2, -0.15) is 26.3 Å². The third kappa shape index (κ3) is 7.51. The molecule has 2 rings (SSSR count). The van der Waals surface area contributed by atoms with E-state index < -0.39 is 29.2 Å². The van der Waals surface area contributed by atoms with E-state index in [-0.39, 0.29) is 11.2 Å². The van der Waals surface area contributed by atoms with Gasteiger partial charge in [0.15, 0.2) is 5.11 Å². The molecule has 0 radical (unpaired) electrons. The van der Waals surface area contributed by atoms with Crippen molar-refractivity contribution >= 4 is 28.7 Å². The second-order valence-corrected chi connectivity index (χ2v) is 7.29. The number of aryl methyl sites for hydroxylation is 1. The first-order chi connectivity index (χ1) is 14.0. The normalized spacial score (nSPS) is 12.0. The number of anilines is 2. The molecule has 0 unspecified atom stereocenters. The largest absolute Gasteiger partial charge is 0.416 e. The van der Waals surface area contributed by atoms with Gasteiger partial charge in [-0.05, 0) is 61.0 Å². The molecule has 0 amide bonds. The number of benzene rings is 2. The first-order valence-electron chi connectivity index (χ1n) is 9.45. The van der Waals surface area contributed by atoms with Crippen molar-refractivity contribution < 1.29 is 26.3 Å². The predicted molar refractivity (Wildman–Crippen MR) is 111 cm³/mol. The molecule has 2 nitrogen and oxygen atoms in total. The van der Waals surface area contributed by atoms with Gasteiger partial charge in [0, 0.05) is 11.4 Å². The molecule has 0 aliphatic rings. The van der Waals surface area contributed by atoms with Crippen molar-refractivity contribution in [2.45, 2.75) is 51.4 Å². The standard InChI is InChI=1S/C21H22F6N2S/c1-2-3-4-5-6-14-7-9-17(10-8-14)28-19(30)29-18-12-15(20(22,23)24)11-16(13-18)21(25,26)27/h7-13H,2-6H2,1H3,(H2,28,29,30). The van der Waals surface area contributed by atoms with Crippen LogP contribution < -0.4 is 10.6 Å². The van der Waals surface area contributed by atoms with Gasteiger partial charge in [-0.3, -0.25) is 0 Å². The lowest BCUT2D eigenvalue weighted by molar-refractivity contribution is -0.143. The van der Waals surface area contributed by atoms with E-state index in [1.165, 1.54) is 6.42 Å². The molecule has 0 atom stereocenters. The maximum absolute atomic E-state index is 12.9. The molecule has 0 aliphatic carbocycles. The SMILES string of the molecule is CCCCCCc1ccc(NC(=S)Nc2cc(C(F)(F)F)cc(C(F)(F)F)c2)cc1. The van der Waals surface area contributed by atoms with Crippen molar-refractivity contribution in [1.29, 1.82) is 0 Å². The lowest BCUT2D eigenvalue weighted by Gasteiger charge is -2.16. The summed E-state index contributed by atoms with van der Waals surface area (Å²) in [6, 6.07) is 8.57. The smallest absolute Gasteiger partial charge is 0.332 e. The van der Waals surface area contributed by atoms with Gasteiger partial charge in [0.2, 0.25) is 0 Å². The van der Waals surface area contributed by atoms with E-state index in [2.05, 4.69) is 17.6 Å². The van der Waals surface area contributed by atoms with Crippen LogP contribution in [0.2, 0.25) is 0 Å². The minimum atomic E-state index is -4.92. The first kappa shape index (κ1) is 24.0. The number of nitrogens with one attached hydrogen (secondary N) is 2. The highest BCUT2D eigenvalue weighted by atomic mass is 32.1. The number of thiocarbonyl (C=S) groups is 1. The zero-order valence-electron chi connectivity index (χ0n) is 16.3. The highest BCUT2D eigenvalue weighted by Gasteiger charge is 2.37. The van der Waals surface area contributed by atoms with Crippen molar-refractivity contribution in [1.82, 2.24) is 0 Å². The number of rotatable bonds is 7. The Hall–Kier alpha value is -2.29. The number of hydrogen-bond acceptors (Lipinski definition) is 1. The summed E-state index contributed by atoms with van der Waals surface area (Å²) in [7, 11) is 0. The summed E-state index contributed by atoms with van der Waals surface area (Å²) in [4.78, 5) is 0. The van der Waals surface area contributed by atoms with E-state index in [4.69, 9.17) is 12.2 Å². The van der Waals surface area contributed by atoms with Crippen molar-refractivity contribution in [2.24, 2.45) is 0 Å². The highest BCUT2D eigenvalue weighted by Crippen LogP contribution is 2.37. The Kier molecular flexibility index (Phi) is 8.11. The van der Waals surface area contributed by atoms with E-state index >= 15 is 0 Å². The average Bonchev–Trinajstić information content (AvgIpc) is 2.65. The van der Waals surface area contributed by atoms with E-state index in [0.29, 0.717) is 17.8 Å². The summed E-state index contributed by atoms with van der Waals surface area (Å²) in [6.45, 7) is 2.14. The molecule has 30 heavy (non-hydrogen) atoms. The molecule has 9 heteroatoms. The van der Waals surface area contributed by atoms with Crippen LogP contribution in [0.4, 0.5) is 37.7 Å². The Balaban J connectivity index is 2.05. The van der Waals surface area contributed by atoms with Crippen molar-refractivity contribution in [3.63, 3.8) is 0 Å². The van der Waals surface area contributed by atoms with Crippen LogP contribution in [0, 0.1) is 0 Å². The Morgan fingerprint density at radius 3 is 1.80 bits per heavy atom. The minimum absolute atomic E-state index is 0.0703. The zero-order valence-corrected chi connectivity index (χ0v) is 17.1. The molecule has 0 aliphatic heterocycles. The highest BCUT2D eigenvalue weighted by molar-refractivity contribution is 7.80. The third-order valence-electron chi connectivity index (χ3n) is 4.38. The van der Waals surface area contributed by atoms with Gasteiger partial charge in [-0.1, -0.05) is 38.3 Å². The Bertz CT molecular complexity index is 812. The van der Waals surface area contributed by atoms with E-state index in [1.54, 1.807) is 12.1 Å². The third-order valence-corrected chi connectivity index (χ3v) is 4.58. The summed E-state index contributed by atoms with van der Waals surface area (Å²) in [5, 5.41) is 5.05. The quantitative estimate of drug-likeness (QED) is 0.258. The molecule has 0 saturated heterocycles. The molecule has 2 N–H and O–H groups in total.